The van der Waals surface area contributed by atoms with Gasteiger partial charge >= 0.3 is 0 Å². The molecule has 0 spiro atoms. The van der Waals surface area contributed by atoms with E-state index in [1.807, 2.05) is 57.2 Å². The zero-order chi connectivity index (χ0) is 15.6. The Morgan fingerprint density at radius 3 is 2.33 bits per heavy atom. The van der Waals surface area contributed by atoms with E-state index in [0.29, 0.717) is 11.4 Å². The maximum Gasteiger partial charge on any atom is 0.264 e. The van der Waals surface area contributed by atoms with Crippen LogP contribution in [-0.4, -0.2) is 15.0 Å². The van der Waals surface area contributed by atoms with E-state index >= 15 is 0 Å². The van der Waals surface area contributed by atoms with Crippen LogP contribution in [0.15, 0.2) is 51.8 Å². The van der Waals surface area contributed by atoms with Crippen molar-refractivity contribution in [2.45, 2.75) is 25.7 Å². The topological polar surface area (TPSA) is 37.4 Å². The second-order valence-corrected chi connectivity index (χ2v) is 7.61. The van der Waals surface area contributed by atoms with E-state index in [1.165, 1.54) is 4.31 Å². The first-order valence-corrected chi connectivity index (χ1v) is 8.95. The first kappa shape index (κ1) is 16.0. The van der Waals surface area contributed by atoms with Crippen molar-refractivity contribution in [3.05, 3.63) is 58.1 Å². The highest BCUT2D eigenvalue weighted by Crippen LogP contribution is 2.29. The van der Waals surface area contributed by atoms with Gasteiger partial charge in [0.2, 0.25) is 0 Å². The van der Waals surface area contributed by atoms with E-state index in [-0.39, 0.29) is 0 Å². The molecule has 0 saturated carbocycles. The molecule has 0 N–H and O–H groups in total. The van der Waals surface area contributed by atoms with Gasteiger partial charge in [-0.1, -0.05) is 40.2 Å². The average molecular weight is 368 g/mol. The van der Waals surface area contributed by atoms with Crippen LogP contribution in [-0.2, 0) is 10.0 Å². The number of anilines is 1. The third-order valence-corrected chi connectivity index (χ3v) is 5.91. The van der Waals surface area contributed by atoms with Gasteiger partial charge in [-0.2, -0.15) is 0 Å². The van der Waals surface area contributed by atoms with E-state index in [9.17, 15) is 8.42 Å². The minimum absolute atomic E-state index is 0.335. The van der Waals surface area contributed by atoms with Gasteiger partial charge in [0.1, 0.15) is 0 Å². The molecule has 0 amide bonds. The van der Waals surface area contributed by atoms with Crippen molar-refractivity contribution < 1.29 is 8.42 Å². The van der Waals surface area contributed by atoms with Crippen LogP contribution in [0, 0.1) is 13.8 Å². The summed E-state index contributed by atoms with van der Waals surface area (Å²) in [6.45, 7) is 5.96. The minimum Gasteiger partial charge on any atom is -0.266 e. The number of sulfonamides is 1. The Morgan fingerprint density at radius 1 is 1.05 bits per heavy atom. The van der Waals surface area contributed by atoms with Gasteiger partial charge in [-0.15, -0.1) is 0 Å². The van der Waals surface area contributed by atoms with Gasteiger partial charge in [0.15, 0.2) is 0 Å². The molecule has 0 bridgehead atoms. The molecule has 0 fully saturated rings. The third-order valence-electron chi connectivity index (χ3n) is 3.39. The molecule has 0 atom stereocenters. The fraction of sp³-hybridized carbons (Fsp3) is 0.250. The summed E-state index contributed by atoms with van der Waals surface area (Å²) in [6.07, 6.45) is 0. The molecule has 0 heterocycles. The molecule has 0 unspecified atom stereocenters. The maximum atomic E-state index is 13.0. The van der Waals surface area contributed by atoms with Crippen LogP contribution in [0.2, 0.25) is 0 Å². The fourth-order valence-corrected chi connectivity index (χ4v) is 4.59. The summed E-state index contributed by atoms with van der Waals surface area (Å²) in [5, 5.41) is 0. The van der Waals surface area contributed by atoms with Crippen molar-refractivity contribution in [1.29, 1.82) is 0 Å². The molecule has 2 rings (SSSR count). The number of hydrogen-bond donors (Lipinski definition) is 0. The van der Waals surface area contributed by atoms with Crippen molar-refractivity contribution in [3.8, 4) is 0 Å². The summed E-state index contributed by atoms with van der Waals surface area (Å²) >= 11 is 3.35. The van der Waals surface area contributed by atoms with Crippen LogP contribution < -0.4 is 4.31 Å². The fourth-order valence-electron chi connectivity index (χ4n) is 2.28. The van der Waals surface area contributed by atoms with Crippen LogP contribution >= 0.6 is 15.9 Å². The molecule has 5 heteroatoms. The third kappa shape index (κ3) is 3.14. The van der Waals surface area contributed by atoms with Crippen molar-refractivity contribution >= 4 is 31.6 Å². The molecule has 2 aromatic rings. The maximum absolute atomic E-state index is 13.0. The van der Waals surface area contributed by atoms with Crippen LogP contribution in [0.25, 0.3) is 0 Å². The SMILES string of the molecule is CCN(c1ccccc1C)S(=O)(=O)c1cc(Br)ccc1C. The Bertz CT molecular complexity index is 757. The van der Waals surface area contributed by atoms with Crippen molar-refractivity contribution in [1.82, 2.24) is 0 Å². The molecule has 0 aliphatic heterocycles. The van der Waals surface area contributed by atoms with E-state index < -0.39 is 10.0 Å². The normalized spacial score (nSPS) is 11.4. The lowest BCUT2D eigenvalue weighted by atomic mass is 10.2. The molecule has 0 aliphatic carbocycles. The first-order chi connectivity index (χ1) is 9.87. The number of hydrogen-bond acceptors (Lipinski definition) is 2. The zero-order valence-corrected chi connectivity index (χ0v) is 14.7. The van der Waals surface area contributed by atoms with Crippen LogP contribution in [0.5, 0.6) is 0 Å². The van der Waals surface area contributed by atoms with Gasteiger partial charge in [-0.3, -0.25) is 4.31 Å². The predicted octanol–water partition coefficient (Wildman–Crippen LogP) is 4.28. The molecular formula is C16H18BrNO2S. The Balaban J connectivity index is 2.61. The molecule has 21 heavy (non-hydrogen) atoms. The smallest absolute Gasteiger partial charge is 0.264 e. The summed E-state index contributed by atoms with van der Waals surface area (Å²) in [5.41, 5.74) is 2.40. The number of rotatable bonds is 4. The number of para-hydroxylation sites is 1. The molecule has 0 radical (unpaired) electrons. The lowest BCUT2D eigenvalue weighted by Crippen LogP contribution is -2.31. The number of benzene rings is 2. The Hall–Kier alpha value is -1.33. The highest BCUT2D eigenvalue weighted by atomic mass is 79.9. The minimum atomic E-state index is -3.58. The molecule has 2 aromatic carbocycles. The molecule has 0 aromatic heterocycles. The van der Waals surface area contributed by atoms with Gasteiger partial charge in [-0.05, 0) is 50.1 Å². The molecule has 112 valence electrons. The number of aryl methyl sites for hydroxylation is 2. The first-order valence-electron chi connectivity index (χ1n) is 6.72. The van der Waals surface area contributed by atoms with Gasteiger partial charge < -0.3 is 0 Å². The Kier molecular flexibility index (Phi) is 4.74. The average Bonchev–Trinajstić information content (AvgIpc) is 2.44. The van der Waals surface area contributed by atoms with E-state index in [0.717, 1.165) is 21.3 Å². The monoisotopic (exact) mass is 367 g/mol. The quantitative estimate of drug-likeness (QED) is 0.808. The summed E-state index contributed by atoms with van der Waals surface area (Å²) in [5.74, 6) is 0. The molecule has 0 saturated heterocycles. The van der Waals surface area contributed by atoms with E-state index in [1.54, 1.807) is 6.07 Å². The molecule has 3 nitrogen and oxygen atoms in total. The lowest BCUT2D eigenvalue weighted by Gasteiger charge is -2.25. The standard InChI is InChI=1S/C16H18BrNO2S/c1-4-18(15-8-6-5-7-12(15)2)21(19,20)16-11-14(17)10-9-13(16)3/h5-11H,4H2,1-3H3. The highest BCUT2D eigenvalue weighted by molar-refractivity contribution is 9.10. The van der Waals surface area contributed by atoms with E-state index in [2.05, 4.69) is 15.9 Å². The summed E-state index contributed by atoms with van der Waals surface area (Å²) in [7, 11) is -3.58. The summed E-state index contributed by atoms with van der Waals surface area (Å²) in [6, 6.07) is 12.8. The van der Waals surface area contributed by atoms with Crippen LogP contribution in [0.3, 0.4) is 0 Å². The second kappa shape index (κ2) is 6.20. The van der Waals surface area contributed by atoms with E-state index in [4.69, 9.17) is 0 Å². The van der Waals surface area contributed by atoms with Gasteiger partial charge in [0.25, 0.3) is 10.0 Å². The van der Waals surface area contributed by atoms with Gasteiger partial charge in [0, 0.05) is 11.0 Å². The lowest BCUT2D eigenvalue weighted by molar-refractivity contribution is 0.591. The van der Waals surface area contributed by atoms with Crippen molar-refractivity contribution in [2.75, 3.05) is 10.8 Å². The Labute approximate surface area is 134 Å². The largest absolute Gasteiger partial charge is 0.266 e. The zero-order valence-electron chi connectivity index (χ0n) is 12.3. The van der Waals surface area contributed by atoms with Crippen LogP contribution in [0.4, 0.5) is 5.69 Å². The number of nitrogens with zero attached hydrogens (tertiary/aromatic N) is 1. The van der Waals surface area contributed by atoms with Gasteiger partial charge in [-0.25, -0.2) is 8.42 Å². The van der Waals surface area contributed by atoms with Crippen LogP contribution in [0.1, 0.15) is 18.1 Å². The second-order valence-electron chi connectivity index (χ2n) is 4.87. The summed E-state index contributed by atoms with van der Waals surface area (Å²) in [4.78, 5) is 0.335. The Morgan fingerprint density at radius 2 is 1.71 bits per heavy atom. The van der Waals surface area contributed by atoms with Gasteiger partial charge in [0.05, 0.1) is 10.6 Å². The number of halogens is 1. The summed E-state index contributed by atoms with van der Waals surface area (Å²) < 4.78 is 28.2. The van der Waals surface area contributed by atoms with Crippen molar-refractivity contribution in [3.63, 3.8) is 0 Å². The molecule has 0 aliphatic rings. The molecular weight excluding hydrogens is 350 g/mol. The van der Waals surface area contributed by atoms with Crippen molar-refractivity contribution in [2.24, 2.45) is 0 Å². The predicted molar refractivity (Wildman–Crippen MR) is 90.3 cm³/mol. The highest BCUT2D eigenvalue weighted by Gasteiger charge is 2.26.